The number of hydrogen-bond donors (Lipinski definition) is 2. The Morgan fingerprint density at radius 1 is 1.00 bits per heavy atom. The number of hydrazone groups is 1. The second kappa shape index (κ2) is 16.1. The van der Waals surface area contributed by atoms with Crippen molar-refractivity contribution in [3.63, 3.8) is 0 Å². The zero-order valence-corrected chi connectivity index (χ0v) is 26.2. The summed E-state index contributed by atoms with van der Waals surface area (Å²) < 4.78 is 44.8. The van der Waals surface area contributed by atoms with Crippen molar-refractivity contribution in [3.8, 4) is 11.5 Å². The summed E-state index contributed by atoms with van der Waals surface area (Å²) in [7, 11) is -4.08. The molecule has 0 saturated carbocycles. The van der Waals surface area contributed by atoms with E-state index in [0.717, 1.165) is 28.6 Å². The van der Waals surface area contributed by atoms with Crippen molar-refractivity contribution in [2.75, 3.05) is 43.5 Å². The topological polar surface area (TPSA) is 136 Å². The number of nitrogens with zero attached hydrogens (tertiary/aromatic N) is 2. The van der Waals surface area contributed by atoms with Crippen molar-refractivity contribution in [1.29, 1.82) is 0 Å². The van der Waals surface area contributed by atoms with Crippen LogP contribution in [0.2, 0.25) is 0 Å². The number of carbonyl (C=O) groups excluding carboxylic acids is 2. The van der Waals surface area contributed by atoms with E-state index in [2.05, 4.69) is 15.8 Å². The third-order valence-corrected chi connectivity index (χ3v) is 9.11. The first-order chi connectivity index (χ1) is 21.3. The van der Waals surface area contributed by atoms with Crippen LogP contribution in [0.4, 0.5) is 5.69 Å². The summed E-state index contributed by atoms with van der Waals surface area (Å²) >= 11 is 1.50. The van der Waals surface area contributed by atoms with Gasteiger partial charge in [0.2, 0.25) is 0 Å². The molecule has 3 aromatic carbocycles. The zero-order chi connectivity index (χ0) is 31.4. The van der Waals surface area contributed by atoms with E-state index in [4.69, 9.17) is 14.2 Å². The molecular formula is C31H36N4O7S2. The van der Waals surface area contributed by atoms with E-state index in [-0.39, 0.29) is 23.5 Å². The molecule has 1 saturated heterocycles. The molecule has 44 heavy (non-hydrogen) atoms. The molecule has 0 aliphatic carbocycles. The van der Waals surface area contributed by atoms with Crippen LogP contribution < -0.4 is 24.5 Å². The molecule has 1 fully saturated rings. The Morgan fingerprint density at radius 2 is 1.68 bits per heavy atom. The fraction of sp³-hybridized carbons (Fsp3) is 0.323. The summed E-state index contributed by atoms with van der Waals surface area (Å²) in [5.41, 5.74) is 3.36. The maximum Gasteiger partial charge on any atom is 0.264 e. The van der Waals surface area contributed by atoms with Gasteiger partial charge in [0.1, 0.15) is 18.0 Å². The van der Waals surface area contributed by atoms with Crippen LogP contribution in [-0.4, -0.2) is 71.7 Å². The van der Waals surface area contributed by atoms with Gasteiger partial charge in [-0.05, 0) is 104 Å². The minimum absolute atomic E-state index is 0.0584. The van der Waals surface area contributed by atoms with Crippen LogP contribution in [0, 0.1) is 0 Å². The van der Waals surface area contributed by atoms with Gasteiger partial charge in [0.25, 0.3) is 21.8 Å². The fourth-order valence-electron chi connectivity index (χ4n) is 4.29. The van der Waals surface area contributed by atoms with E-state index in [9.17, 15) is 18.0 Å². The van der Waals surface area contributed by atoms with Crippen LogP contribution >= 0.6 is 11.8 Å². The molecule has 1 aliphatic rings. The Morgan fingerprint density at radius 3 is 2.32 bits per heavy atom. The number of anilines is 1. The predicted molar refractivity (Wildman–Crippen MR) is 170 cm³/mol. The van der Waals surface area contributed by atoms with Crippen molar-refractivity contribution in [3.05, 3.63) is 78.4 Å². The number of rotatable bonds is 15. The molecule has 2 N–H and O–H groups in total. The monoisotopic (exact) mass is 640 g/mol. The Balaban J connectivity index is 1.35. The van der Waals surface area contributed by atoms with E-state index in [0.29, 0.717) is 35.9 Å². The highest BCUT2D eigenvalue weighted by molar-refractivity contribution is 7.98. The molecule has 1 aliphatic heterocycles. The highest BCUT2D eigenvalue weighted by atomic mass is 32.2. The van der Waals surface area contributed by atoms with Gasteiger partial charge in [-0.1, -0.05) is 0 Å². The van der Waals surface area contributed by atoms with Crippen LogP contribution in [0.25, 0.3) is 0 Å². The van der Waals surface area contributed by atoms with Crippen LogP contribution in [0.5, 0.6) is 11.5 Å². The molecule has 1 atom stereocenters. The van der Waals surface area contributed by atoms with Crippen LogP contribution in [-0.2, 0) is 24.3 Å². The quantitative estimate of drug-likeness (QED) is 0.145. The molecule has 0 bridgehead atoms. The van der Waals surface area contributed by atoms with E-state index >= 15 is 0 Å². The SMILES string of the molecule is CCOc1ccc(N(CC(=O)N/N=C\c2ccc(OCC(=O)NC[C@H]3CCCO3)cc2)S(=O)(=O)c2ccc(SC)cc2)cc1. The Bertz CT molecular complexity index is 1510. The summed E-state index contributed by atoms with van der Waals surface area (Å²) in [6, 6.07) is 19.7. The number of amides is 2. The van der Waals surface area contributed by atoms with Crippen LogP contribution in [0.3, 0.4) is 0 Å². The Labute approximate surface area is 262 Å². The van der Waals surface area contributed by atoms with Gasteiger partial charge < -0.3 is 19.5 Å². The van der Waals surface area contributed by atoms with E-state index < -0.39 is 22.5 Å². The van der Waals surface area contributed by atoms with Crippen molar-refractivity contribution >= 4 is 45.5 Å². The third kappa shape index (κ3) is 9.46. The minimum Gasteiger partial charge on any atom is -0.494 e. The van der Waals surface area contributed by atoms with Crippen molar-refractivity contribution in [2.45, 2.75) is 35.7 Å². The average Bonchev–Trinajstić information content (AvgIpc) is 3.57. The molecule has 234 valence electrons. The summed E-state index contributed by atoms with van der Waals surface area (Å²) in [6.45, 7) is 2.90. The van der Waals surface area contributed by atoms with Crippen molar-refractivity contribution < 1.29 is 32.2 Å². The predicted octanol–water partition coefficient (Wildman–Crippen LogP) is 3.83. The number of thioether (sulfide) groups is 1. The normalized spacial score (nSPS) is 14.7. The van der Waals surface area contributed by atoms with Crippen LogP contribution in [0.1, 0.15) is 25.3 Å². The first-order valence-corrected chi connectivity index (χ1v) is 16.8. The van der Waals surface area contributed by atoms with E-state index in [1.165, 1.54) is 30.1 Å². The van der Waals surface area contributed by atoms with Gasteiger partial charge in [-0.25, -0.2) is 13.8 Å². The average molecular weight is 641 g/mol. The lowest BCUT2D eigenvalue weighted by Crippen LogP contribution is -2.39. The molecule has 4 rings (SSSR count). The second-order valence-corrected chi connectivity index (χ2v) is 12.4. The number of carbonyl (C=O) groups is 2. The maximum atomic E-state index is 13.6. The van der Waals surface area contributed by atoms with Gasteiger partial charge in [0.15, 0.2) is 6.61 Å². The van der Waals surface area contributed by atoms with Gasteiger partial charge in [-0.15, -0.1) is 11.8 Å². The molecule has 2 amide bonds. The highest BCUT2D eigenvalue weighted by Crippen LogP contribution is 2.27. The molecule has 3 aromatic rings. The lowest BCUT2D eigenvalue weighted by molar-refractivity contribution is -0.123. The first-order valence-electron chi connectivity index (χ1n) is 14.1. The van der Waals surface area contributed by atoms with Crippen molar-refractivity contribution in [2.24, 2.45) is 5.10 Å². The van der Waals surface area contributed by atoms with E-state index in [1.807, 2.05) is 13.2 Å². The van der Waals surface area contributed by atoms with Gasteiger partial charge >= 0.3 is 0 Å². The van der Waals surface area contributed by atoms with Crippen LogP contribution in [0.15, 0.2) is 87.7 Å². The number of benzene rings is 3. The summed E-state index contributed by atoms with van der Waals surface area (Å²) in [5.74, 6) is 0.224. The fourth-order valence-corrected chi connectivity index (χ4v) is 6.12. The molecule has 1 heterocycles. The molecule has 13 heteroatoms. The molecule has 11 nitrogen and oxygen atoms in total. The number of nitrogens with one attached hydrogen (secondary N) is 2. The smallest absolute Gasteiger partial charge is 0.264 e. The first kappa shape index (κ1) is 32.8. The largest absolute Gasteiger partial charge is 0.494 e. The highest BCUT2D eigenvalue weighted by Gasteiger charge is 2.27. The lowest BCUT2D eigenvalue weighted by atomic mass is 10.2. The molecule has 0 spiro atoms. The maximum absolute atomic E-state index is 13.6. The lowest BCUT2D eigenvalue weighted by Gasteiger charge is -2.24. The number of hydrogen-bond acceptors (Lipinski definition) is 9. The standard InChI is InChI=1S/C31H36N4O7S2/c1-3-40-25-12-8-24(9-13-25)35(44(38,39)29-16-14-28(43-2)15-17-29)21-30(36)34-33-19-23-6-10-26(11-7-23)42-22-31(37)32-20-27-5-4-18-41-27/h6-17,19,27H,3-5,18,20-22H2,1-2H3,(H,32,37)(H,34,36)/b33-19-/t27-/m1/s1. The summed E-state index contributed by atoms with van der Waals surface area (Å²) in [5, 5.41) is 6.79. The summed E-state index contributed by atoms with van der Waals surface area (Å²) in [6.07, 6.45) is 5.34. The van der Waals surface area contributed by atoms with E-state index in [1.54, 1.807) is 60.7 Å². The zero-order valence-electron chi connectivity index (χ0n) is 24.6. The van der Waals surface area contributed by atoms with Gasteiger partial charge in [-0.3, -0.25) is 13.9 Å². The molecular weight excluding hydrogens is 604 g/mol. The summed E-state index contributed by atoms with van der Waals surface area (Å²) in [4.78, 5) is 25.9. The minimum atomic E-state index is -4.08. The number of sulfonamides is 1. The Kier molecular flexibility index (Phi) is 12.0. The van der Waals surface area contributed by atoms with Crippen molar-refractivity contribution in [1.82, 2.24) is 10.7 Å². The Hall–Kier alpha value is -4.07. The molecule has 0 radical (unpaired) electrons. The van der Waals surface area contributed by atoms with Gasteiger partial charge in [0.05, 0.1) is 29.5 Å². The third-order valence-electron chi connectivity index (χ3n) is 6.57. The molecule has 0 aromatic heterocycles. The molecule has 0 unspecified atom stereocenters. The van der Waals surface area contributed by atoms with Gasteiger partial charge in [0, 0.05) is 18.0 Å². The van der Waals surface area contributed by atoms with Gasteiger partial charge in [-0.2, -0.15) is 5.10 Å². The second-order valence-electron chi connectivity index (χ2n) is 9.70. The number of ether oxygens (including phenoxy) is 3.